The lowest BCUT2D eigenvalue weighted by Gasteiger charge is -2.15. The van der Waals surface area contributed by atoms with Gasteiger partial charge in [-0.3, -0.25) is 0 Å². The summed E-state index contributed by atoms with van der Waals surface area (Å²) in [5.74, 6) is 0.914. The van der Waals surface area contributed by atoms with E-state index in [0.717, 1.165) is 39.1 Å². The van der Waals surface area contributed by atoms with E-state index < -0.39 is 0 Å². The van der Waals surface area contributed by atoms with E-state index in [4.69, 9.17) is 4.98 Å². The number of rotatable bonds is 4. The van der Waals surface area contributed by atoms with Crippen LogP contribution in [0.3, 0.4) is 0 Å². The highest BCUT2D eigenvalue weighted by Crippen LogP contribution is 2.26. The molecule has 4 rings (SSSR count). The van der Waals surface area contributed by atoms with E-state index in [1.807, 2.05) is 48.7 Å². The van der Waals surface area contributed by atoms with Gasteiger partial charge in [0.25, 0.3) is 0 Å². The first kappa shape index (κ1) is 15.8. The number of hydrogen-bond donors (Lipinski definition) is 1. The predicted octanol–water partition coefficient (Wildman–Crippen LogP) is 4.64. The van der Waals surface area contributed by atoms with Crippen LogP contribution in [0.2, 0.25) is 0 Å². The summed E-state index contributed by atoms with van der Waals surface area (Å²) in [6, 6.07) is 14.3. The Balaban J connectivity index is 1.78. The Morgan fingerprint density at radius 3 is 2.56 bits per heavy atom. The summed E-state index contributed by atoms with van der Waals surface area (Å²) in [5.41, 5.74) is 4.85. The third-order valence-corrected chi connectivity index (χ3v) is 5.14. The maximum atomic E-state index is 4.76. The fourth-order valence-electron chi connectivity index (χ4n) is 2.80. The molecule has 3 heterocycles. The standard InChI is InChI=1S/C19H19N5S/c1-12-9-17-22-16(15-7-5-4-6-8-15)10-18(24(17)23-12)21-14(3)19-20-13(2)11-25-19/h4-11,14,21H,1-3H3/t14-/m0/s1. The molecule has 0 radical (unpaired) electrons. The van der Waals surface area contributed by atoms with Crippen LogP contribution in [0.15, 0.2) is 47.8 Å². The molecule has 0 fully saturated rings. The molecule has 0 saturated heterocycles. The van der Waals surface area contributed by atoms with Gasteiger partial charge in [0.05, 0.1) is 17.4 Å². The summed E-state index contributed by atoms with van der Waals surface area (Å²) in [7, 11) is 0. The van der Waals surface area contributed by atoms with E-state index in [1.54, 1.807) is 11.3 Å². The van der Waals surface area contributed by atoms with Crippen LogP contribution in [-0.4, -0.2) is 19.6 Å². The monoisotopic (exact) mass is 349 g/mol. The average Bonchev–Trinajstić information content (AvgIpc) is 3.20. The molecule has 0 amide bonds. The Kier molecular flexibility index (Phi) is 3.97. The molecular formula is C19H19N5S. The molecular weight excluding hydrogens is 330 g/mol. The molecule has 0 aliphatic heterocycles. The number of anilines is 1. The van der Waals surface area contributed by atoms with Crippen LogP contribution in [0.5, 0.6) is 0 Å². The second-order valence-corrected chi connectivity index (χ2v) is 7.03. The van der Waals surface area contributed by atoms with E-state index in [9.17, 15) is 0 Å². The Bertz CT molecular complexity index is 1020. The number of aromatic nitrogens is 4. The summed E-state index contributed by atoms with van der Waals surface area (Å²) in [6.07, 6.45) is 0. The van der Waals surface area contributed by atoms with Crippen LogP contribution in [0.1, 0.15) is 29.4 Å². The molecule has 1 N–H and O–H groups in total. The maximum Gasteiger partial charge on any atom is 0.158 e. The van der Waals surface area contributed by atoms with Crippen molar-refractivity contribution in [3.63, 3.8) is 0 Å². The molecule has 0 bridgehead atoms. The summed E-state index contributed by atoms with van der Waals surface area (Å²) in [4.78, 5) is 9.34. The van der Waals surface area contributed by atoms with Crippen LogP contribution in [0, 0.1) is 13.8 Å². The summed E-state index contributed by atoms with van der Waals surface area (Å²) < 4.78 is 1.86. The lowest BCUT2D eigenvalue weighted by atomic mass is 10.1. The first-order valence-corrected chi connectivity index (χ1v) is 9.09. The minimum absolute atomic E-state index is 0.0948. The lowest BCUT2D eigenvalue weighted by Crippen LogP contribution is -2.11. The Morgan fingerprint density at radius 2 is 1.84 bits per heavy atom. The van der Waals surface area contributed by atoms with E-state index in [1.165, 1.54) is 0 Å². The predicted molar refractivity (Wildman–Crippen MR) is 102 cm³/mol. The molecule has 0 aliphatic carbocycles. The van der Waals surface area contributed by atoms with Crippen molar-refractivity contribution < 1.29 is 0 Å². The van der Waals surface area contributed by atoms with Gasteiger partial charge in [-0.05, 0) is 20.8 Å². The molecule has 0 spiro atoms. The van der Waals surface area contributed by atoms with Crippen LogP contribution in [0.4, 0.5) is 5.82 Å². The number of hydrogen-bond acceptors (Lipinski definition) is 5. The van der Waals surface area contributed by atoms with E-state index in [0.29, 0.717) is 0 Å². The fraction of sp³-hybridized carbons (Fsp3) is 0.211. The van der Waals surface area contributed by atoms with Gasteiger partial charge >= 0.3 is 0 Å². The number of benzene rings is 1. The zero-order chi connectivity index (χ0) is 17.4. The Morgan fingerprint density at radius 1 is 1.04 bits per heavy atom. The molecule has 1 atom stereocenters. The number of thiazole rings is 1. The van der Waals surface area contributed by atoms with Crippen molar-refractivity contribution >= 4 is 22.8 Å². The number of nitrogens with zero attached hydrogens (tertiary/aromatic N) is 4. The molecule has 6 heteroatoms. The van der Waals surface area contributed by atoms with Gasteiger partial charge in [0.1, 0.15) is 10.8 Å². The van der Waals surface area contributed by atoms with Gasteiger partial charge in [-0.1, -0.05) is 30.3 Å². The Labute approximate surface area is 150 Å². The highest BCUT2D eigenvalue weighted by Gasteiger charge is 2.14. The normalized spacial score (nSPS) is 12.4. The van der Waals surface area contributed by atoms with Crippen molar-refractivity contribution in [2.75, 3.05) is 5.32 Å². The quantitative estimate of drug-likeness (QED) is 0.583. The molecule has 4 aromatic rings. The number of fused-ring (bicyclic) bond motifs is 1. The molecule has 0 unspecified atom stereocenters. The second-order valence-electron chi connectivity index (χ2n) is 6.14. The lowest BCUT2D eigenvalue weighted by molar-refractivity contribution is 0.825. The topological polar surface area (TPSA) is 55.1 Å². The first-order chi connectivity index (χ1) is 12.1. The molecule has 3 aromatic heterocycles. The molecule has 25 heavy (non-hydrogen) atoms. The molecule has 0 saturated carbocycles. The van der Waals surface area contributed by atoms with Crippen molar-refractivity contribution in [1.82, 2.24) is 19.6 Å². The molecule has 0 aliphatic rings. The minimum atomic E-state index is 0.0948. The highest BCUT2D eigenvalue weighted by atomic mass is 32.1. The van der Waals surface area contributed by atoms with Gasteiger partial charge in [-0.2, -0.15) is 9.61 Å². The summed E-state index contributed by atoms with van der Waals surface area (Å²) >= 11 is 1.67. The fourth-order valence-corrected chi connectivity index (χ4v) is 3.61. The zero-order valence-electron chi connectivity index (χ0n) is 14.4. The van der Waals surface area contributed by atoms with Crippen LogP contribution in [-0.2, 0) is 0 Å². The van der Waals surface area contributed by atoms with Crippen molar-refractivity contribution in [2.45, 2.75) is 26.8 Å². The second kappa shape index (κ2) is 6.29. The van der Waals surface area contributed by atoms with Gasteiger partial charge in [0.2, 0.25) is 0 Å². The smallest absolute Gasteiger partial charge is 0.158 e. The number of aryl methyl sites for hydroxylation is 2. The van der Waals surface area contributed by atoms with Gasteiger partial charge in [0, 0.05) is 28.8 Å². The van der Waals surface area contributed by atoms with Gasteiger partial charge in [-0.25, -0.2) is 9.97 Å². The molecule has 1 aromatic carbocycles. The Hall–Kier alpha value is -2.73. The van der Waals surface area contributed by atoms with E-state index in [-0.39, 0.29) is 6.04 Å². The van der Waals surface area contributed by atoms with Crippen LogP contribution in [0.25, 0.3) is 16.9 Å². The highest BCUT2D eigenvalue weighted by molar-refractivity contribution is 7.09. The van der Waals surface area contributed by atoms with Gasteiger partial charge < -0.3 is 5.32 Å². The summed E-state index contributed by atoms with van der Waals surface area (Å²) in [5, 5.41) is 11.3. The van der Waals surface area contributed by atoms with Crippen molar-refractivity contribution in [3.05, 3.63) is 64.2 Å². The third kappa shape index (κ3) is 3.13. The zero-order valence-corrected chi connectivity index (χ0v) is 15.2. The maximum absolute atomic E-state index is 4.76. The third-order valence-electron chi connectivity index (χ3n) is 3.99. The summed E-state index contributed by atoms with van der Waals surface area (Å²) in [6.45, 7) is 6.11. The van der Waals surface area contributed by atoms with E-state index in [2.05, 4.69) is 39.8 Å². The van der Waals surface area contributed by atoms with Gasteiger partial charge in [0.15, 0.2) is 5.65 Å². The van der Waals surface area contributed by atoms with Crippen molar-refractivity contribution in [2.24, 2.45) is 0 Å². The van der Waals surface area contributed by atoms with Crippen LogP contribution >= 0.6 is 11.3 Å². The SMILES string of the molecule is Cc1csc([C@H](C)Nc2cc(-c3ccccc3)nc3cc(C)nn23)n1. The number of nitrogens with one attached hydrogen (secondary N) is 1. The van der Waals surface area contributed by atoms with Crippen LogP contribution < -0.4 is 5.32 Å². The van der Waals surface area contributed by atoms with Crippen molar-refractivity contribution in [1.29, 1.82) is 0 Å². The average molecular weight is 349 g/mol. The largest absolute Gasteiger partial charge is 0.361 e. The van der Waals surface area contributed by atoms with E-state index >= 15 is 0 Å². The molecule has 126 valence electrons. The van der Waals surface area contributed by atoms with Crippen molar-refractivity contribution in [3.8, 4) is 11.3 Å². The minimum Gasteiger partial charge on any atom is -0.361 e. The molecule has 5 nitrogen and oxygen atoms in total. The first-order valence-electron chi connectivity index (χ1n) is 8.21. The van der Waals surface area contributed by atoms with Gasteiger partial charge in [-0.15, -0.1) is 11.3 Å².